The van der Waals surface area contributed by atoms with E-state index in [4.69, 9.17) is 4.74 Å². The van der Waals surface area contributed by atoms with E-state index >= 15 is 0 Å². The first-order valence-corrected chi connectivity index (χ1v) is 5.95. The van der Waals surface area contributed by atoms with E-state index in [9.17, 15) is 13.6 Å². The van der Waals surface area contributed by atoms with Crippen molar-refractivity contribution in [3.63, 3.8) is 0 Å². The summed E-state index contributed by atoms with van der Waals surface area (Å²) in [7, 11) is 0. The summed E-state index contributed by atoms with van der Waals surface area (Å²) < 4.78 is 30.2. The van der Waals surface area contributed by atoms with Gasteiger partial charge in [-0.05, 0) is 24.6 Å². The number of hydrogen-bond acceptors (Lipinski definition) is 3. The molecule has 3 nitrogen and oxygen atoms in total. The largest absolute Gasteiger partial charge is 0.462 e. The smallest absolute Gasteiger partial charge is 0.340 e. The van der Waals surface area contributed by atoms with Crippen molar-refractivity contribution in [3.05, 3.63) is 29.6 Å². The predicted octanol–water partition coefficient (Wildman–Crippen LogP) is 3.16. The van der Waals surface area contributed by atoms with E-state index in [1.54, 1.807) is 0 Å². The fraction of sp³-hybridized carbons (Fsp3) is 0.462. The molecular formula is C13H17F2NO2. The number of anilines is 1. The van der Waals surface area contributed by atoms with Crippen LogP contribution in [0.15, 0.2) is 18.2 Å². The zero-order valence-corrected chi connectivity index (χ0v) is 10.3. The van der Waals surface area contributed by atoms with Crippen molar-refractivity contribution < 1.29 is 18.3 Å². The Hall–Kier alpha value is -1.65. The Balaban J connectivity index is 2.75. The van der Waals surface area contributed by atoms with E-state index in [1.165, 1.54) is 12.1 Å². The van der Waals surface area contributed by atoms with E-state index < -0.39 is 18.5 Å². The molecule has 0 saturated carbocycles. The van der Waals surface area contributed by atoms with E-state index in [1.807, 2.05) is 6.92 Å². The number of hydrogen-bond donors (Lipinski definition) is 1. The molecule has 1 N–H and O–H groups in total. The maximum absolute atomic E-state index is 13.1. The molecule has 1 aromatic rings. The van der Waals surface area contributed by atoms with Crippen LogP contribution in [0.3, 0.4) is 0 Å². The minimum atomic E-state index is -0.596. The lowest BCUT2D eigenvalue weighted by Gasteiger charge is -2.10. The molecule has 0 bridgehead atoms. The Morgan fingerprint density at radius 2 is 2.22 bits per heavy atom. The van der Waals surface area contributed by atoms with E-state index in [0.29, 0.717) is 6.61 Å². The topological polar surface area (TPSA) is 38.3 Å². The SMILES string of the molecule is CCCCOC(=O)c1ccc(F)cc1NCCF. The lowest BCUT2D eigenvalue weighted by Crippen LogP contribution is -2.12. The zero-order valence-electron chi connectivity index (χ0n) is 10.3. The van der Waals surface area contributed by atoms with E-state index in [0.717, 1.165) is 18.9 Å². The Morgan fingerprint density at radius 1 is 1.44 bits per heavy atom. The molecule has 5 heteroatoms. The molecule has 18 heavy (non-hydrogen) atoms. The second kappa shape index (κ2) is 7.63. The van der Waals surface area contributed by atoms with Crippen LogP contribution in [0.5, 0.6) is 0 Å². The fourth-order valence-electron chi connectivity index (χ4n) is 1.41. The van der Waals surface area contributed by atoms with E-state index in [2.05, 4.69) is 5.32 Å². The molecule has 0 spiro atoms. The van der Waals surface area contributed by atoms with Crippen LogP contribution in [0.4, 0.5) is 14.5 Å². The first kappa shape index (κ1) is 14.4. The van der Waals surface area contributed by atoms with Crippen LogP contribution in [0.1, 0.15) is 30.1 Å². The van der Waals surface area contributed by atoms with Crippen LogP contribution in [0.25, 0.3) is 0 Å². The summed E-state index contributed by atoms with van der Waals surface area (Å²) in [5.41, 5.74) is 0.482. The molecule has 0 amide bonds. The fourth-order valence-corrected chi connectivity index (χ4v) is 1.41. The maximum atomic E-state index is 13.1. The summed E-state index contributed by atoms with van der Waals surface area (Å²) in [4.78, 5) is 11.7. The molecule has 1 aromatic carbocycles. The Morgan fingerprint density at radius 3 is 2.89 bits per heavy atom. The first-order valence-electron chi connectivity index (χ1n) is 5.95. The summed E-state index contributed by atoms with van der Waals surface area (Å²) in [5, 5.41) is 2.66. The van der Waals surface area contributed by atoms with Gasteiger partial charge in [-0.2, -0.15) is 0 Å². The number of halogens is 2. The number of alkyl halides is 1. The van der Waals surface area contributed by atoms with Crippen LogP contribution >= 0.6 is 0 Å². The van der Waals surface area contributed by atoms with Gasteiger partial charge in [0, 0.05) is 6.54 Å². The van der Waals surface area contributed by atoms with Crippen molar-refractivity contribution in [2.75, 3.05) is 25.1 Å². The number of ether oxygens (including phenoxy) is 1. The summed E-state index contributed by atoms with van der Waals surface area (Å²) >= 11 is 0. The third-order valence-electron chi connectivity index (χ3n) is 2.34. The van der Waals surface area contributed by atoms with Gasteiger partial charge >= 0.3 is 5.97 Å². The van der Waals surface area contributed by atoms with Gasteiger partial charge in [0.2, 0.25) is 0 Å². The monoisotopic (exact) mass is 257 g/mol. The van der Waals surface area contributed by atoms with Crippen LogP contribution < -0.4 is 5.32 Å². The molecule has 100 valence electrons. The van der Waals surface area contributed by atoms with Crippen molar-refractivity contribution in [2.45, 2.75) is 19.8 Å². The molecule has 0 aliphatic carbocycles. The summed E-state index contributed by atoms with van der Waals surface area (Å²) in [6.07, 6.45) is 1.70. The maximum Gasteiger partial charge on any atom is 0.340 e. The summed E-state index contributed by atoms with van der Waals surface area (Å²) in [5.74, 6) is -1.01. The third-order valence-corrected chi connectivity index (χ3v) is 2.34. The molecule has 0 aliphatic rings. The average molecular weight is 257 g/mol. The number of benzene rings is 1. The van der Waals surface area contributed by atoms with Gasteiger partial charge in [-0.3, -0.25) is 0 Å². The van der Waals surface area contributed by atoms with Gasteiger partial charge in [-0.25, -0.2) is 13.6 Å². The number of carbonyl (C=O) groups excluding carboxylic acids is 1. The molecule has 0 aromatic heterocycles. The molecule has 1 rings (SSSR count). The minimum Gasteiger partial charge on any atom is -0.462 e. The van der Waals surface area contributed by atoms with Gasteiger partial charge in [0.1, 0.15) is 12.5 Å². The molecule has 0 fully saturated rings. The molecule has 0 radical (unpaired) electrons. The van der Waals surface area contributed by atoms with Gasteiger partial charge in [0.05, 0.1) is 17.9 Å². The highest BCUT2D eigenvalue weighted by Crippen LogP contribution is 2.18. The van der Waals surface area contributed by atoms with E-state index in [-0.39, 0.29) is 17.8 Å². The highest BCUT2D eigenvalue weighted by Gasteiger charge is 2.13. The number of esters is 1. The molecule has 0 heterocycles. The minimum absolute atomic E-state index is 0.0265. The van der Waals surface area contributed by atoms with Crippen molar-refractivity contribution in [1.82, 2.24) is 0 Å². The normalized spacial score (nSPS) is 10.2. The predicted molar refractivity (Wildman–Crippen MR) is 66.1 cm³/mol. The quantitative estimate of drug-likeness (QED) is 0.602. The van der Waals surface area contributed by atoms with Gasteiger partial charge in [0.25, 0.3) is 0 Å². The average Bonchev–Trinajstić information content (AvgIpc) is 2.36. The molecular weight excluding hydrogens is 240 g/mol. The van der Waals surface area contributed by atoms with Gasteiger partial charge in [-0.1, -0.05) is 13.3 Å². The van der Waals surface area contributed by atoms with Crippen LogP contribution in [-0.2, 0) is 4.74 Å². The first-order chi connectivity index (χ1) is 8.69. The number of unbranched alkanes of at least 4 members (excludes halogenated alkanes) is 1. The molecule has 0 saturated heterocycles. The summed E-state index contributed by atoms with van der Waals surface area (Å²) in [6.45, 7) is 1.74. The summed E-state index contributed by atoms with van der Waals surface area (Å²) in [6, 6.07) is 3.67. The lowest BCUT2D eigenvalue weighted by molar-refractivity contribution is 0.0501. The highest BCUT2D eigenvalue weighted by molar-refractivity contribution is 5.95. The number of nitrogens with one attached hydrogen (secondary N) is 1. The van der Waals surface area contributed by atoms with Crippen molar-refractivity contribution in [3.8, 4) is 0 Å². The Bertz CT molecular complexity index is 397. The Kier molecular flexibility index (Phi) is 6.11. The van der Waals surface area contributed by atoms with Crippen molar-refractivity contribution in [2.24, 2.45) is 0 Å². The Labute approximate surface area is 105 Å². The molecule has 0 unspecified atom stereocenters. The lowest BCUT2D eigenvalue weighted by atomic mass is 10.1. The van der Waals surface area contributed by atoms with Gasteiger partial charge in [0.15, 0.2) is 0 Å². The number of rotatable bonds is 7. The van der Waals surface area contributed by atoms with Gasteiger partial charge < -0.3 is 10.1 Å². The highest BCUT2D eigenvalue weighted by atomic mass is 19.1. The van der Waals surface area contributed by atoms with Crippen molar-refractivity contribution >= 4 is 11.7 Å². The third kappa shape index (κ3) is 4.31. The van der Waals surface area contributed by atoms with Crippen LogP contribution in [0, 0.1) is 5.82 Å². The zero-order chi connectivity index (χ0) is 13.4. The second-order valence-corrected chi connectivity index (χ2v) is 3.80. The number of carbonyl (C=O) groups is 1. The molecule has 0 atom stereocenters. The molecule has 0 aliphatic heterocycles. The standard InChI is InChI=1S/C13H17F2NO2/c1-2-3-8-18-13(17)11-5-4-10(15)9-12(11)16-7-6-14/h4-5,9,16H,2-3,6-8H2,1H3. The van der Waals surface area contributed by atoms with Gasteiger partial charge in [-0.15, -0.1) is 0 Å². The second-order valence-electron chi connectivity index (χ2n) is 3.80. The van der Waals surface area contributed by atoms with Crippen LogP contribution in [0.2, 0.25) is 0 Å². The van der Waals surface area contributed by atoms with Crippen LogP contribution in [-0.4, -0.2) is 25.8 Å². The van der Waals surface area contributed by atoms with Crippen molar-refractivity contribution in [1.29, 1.82) is 0 Å².